The van der Waals surface area contributed by atoms with E-state index in [9.17, 15) is 0 Å². The largest absolute Gasteiger partial charge is 0.464 e. The van der Waals surface area contributed by atoms with Crippen molar-refractivity contribution >= 4 is 11.9 Å². The maximum absolute atomic E-state index is 5.31. The van der Waals surface area contributed by atoms with Crippen LogP contribution in [0.15, 0.2) is 0 Å². The van der Waals surface area contributed by atoms with E-state index in [0.717, 1.165) is 19.1 Å². The molecule has 7 heteroatoms. The molecule has 1 fully saturated rings. The molecule has 0 aromatic carbocycles. The Hall–Kier alpha value is -1.63. The first-order valence-electron chi connectivity index (χ1n) is 6.73. The van der Waals surface area contributed by atoms with Crippen molar-refractivity contribution in [2.45, 2.75) is 25.8 Å². The number of nitrogens with one attached hydrogen (secondary N) is 2. The lowest BCUT2D eigenvalue weighted by Gasteiger charge is -2.15. The van der Waals surface area contributed by atoms with Crippen molar-refractivity contribution in [1.82, 2.24) is 19.9 Å². The first-order chi connectivity index (χ1) is 9.22. The van der Waals surface area contributed by atoms with Gasteiger partial charge in [-0.05, 0) is 26.8 Å². The average molecular weight is 266 g/mol. The lowest BCUT2D eigenvalue weighted by atomic mass is 10.5. The second kappa shape index (κ2) is 6.51. The quantitative estimate of drug-likeness (QED) is 0.721. The molecule has 1 heterocycles. The van der Waals surface area contributed by atoms with Crippen molar-refractivity contribution in [3.05, 3.63) is 0 Å². The third kappa shape index (κ3) is 4.20. The predicted molar refractivity (Wildman–Crippen MR) is 74.7 cm³/mol. The maximum Gasteiger partial charge on any atom is 0.323 e. The second-order valence-corrected chi connectivity index (χ2v) is 4.59. The van der Waals surface area contributed by atoms with Gasteiger partial charge in [0, 0.05) is 26.2 Å². The Morgan fingerprint density at radius 2 is 2.00 bits per heavy atom. The summed E-state index contributed by atoms with van der Waals surface area (Å²) in [4.78, 5) is 14.9. The Balaban J connectivity index is 1.88. The predicted octanol–water partition coefficient (Wildman–Crippen LogP) is 0.818. The van der Waals surface area contributed by atoms with Crippen LogP contribution in [0.2, 0.25) is 0 Å². The zero-order valence-electron chi connectivity index (χ0n) is 11.8. The normalized spacial score (nSPS) is 14.5. The number of hydrogen-bond acceptors (Lipinski definition) is 7. The molecule has 0 aliphatic heterocycles. The lowest BCUT2D eigenvalue weighted by molar-refractivity contribution is 0.312. The summed E-state index contributed by atoms with van der Waals surface area (Å²) in [5.74, 6) is 1.06. The van der Waals surface area contributed by atoms with Crippen molar-refractivity contribution in [2.24, 2.45) is 0 Å². The maximum atomic E-state index is 5.31. The van der Waals surface area contributed by atoms with Crippen LogP contribution < -0.4 is 15.4 Å². The number of hydrogen-bond donors (Lipinski definition) is 2. The number of nitrogens with zero attached hydrogens (tertiary/aromatic N) is 4. The van der Waals surface area contributed by atoms with Crippen LogP contribution in [-0.4, -0.2) is 59.7 Å². The molecule has 1 aliphatic carbocycles. The lowest BCUT2D eigenvalue weighted by Crippen LogP contribution is -2.27. The summed E-state index contributed by atoms with van der Waals surface area (Å²) in [5.41, 5.74) is 0. The van der Waals surface area contributed by atoms with Gasteiger partial charge in [0.05, 0.1) is 6.61 Å². The number of rotatable bonds is 8. The molecule has 0 saturated heterocycles. The van der Waals surface area contributed by atoms with Crippen molar-refractivity contribution in [1.29, 1.82) is 0 Å². The van der Waals surface area contributed by atoms with Crippen LogP contribution >= 0.6 is 0 Å². The number of ether oxygens (including phenoxy) is 1. The van der Waals surface area contributed by atoms with E-state index in [1.807, 2.05) is 6.92 Å². The van der Waals surface area contributed by atoms with Crippen LogP contribution in [0.25, 0.3) is 0 Å². The summed E-state index contributed by atoms with van der Waals surface area (Å²) in [6.07, 6.45) is 2.64. The van der Waals surface area contributed by atoms with Gasteiger partial charge < -0.3 is 20.3 Å². The Kier molecular flexibility index (Phi) is 4.73. The van der Waals surface area contributed by atoms with E-state index in [1.165, 1.54) is 12.8 Å². The van der Waals surface area contributed by atoms with Crippen molar-refractivity contribution < 1.29 is 4.74 Å². The van der Waals surface area contributed by atoms with E-state index in [2.05, 4.69) is 37.5 Å². The first-order valence-corrected chi connectivity index (χ1v) is 6.73. The molecule has 106 valence electrons. The topological polar surface area (TPSA) is 75.2 Å². The SMILES string of the molecule is CCOc1nc(NC)nc(NCCN(C)C2CC2)n1. The van der Waals surface area contributed by atoms with E-state index in [0.29, 0.717) is 24.5 Å². The Bertz CT molecular complexity index is 409. The van der Waals surface area contributed by atoms with Gasteiger partial charge in [-0.15, -0.1) is 0 Å². The van der Waals surface area contributed by atoms with Crippen LogP contribution in [-0.2, 0) is 0 Å². The van der Waals surface area contributed by atoms with Crippen LogP contribution in [0.5, 0.6) is 6.01 Å². The Morgan fingerprint density at radius 1 is 1.26 bits per heavy atom. The summed E-state index contributed by atoms with van der Waals surface area (Å²) in [6.45, 7) is 4.23. The fourth-order valence-electron chi connectivity index (χ4n) is 1.78. The summed E-state index contributed by atoms with van der Waals surface area (Å²) in [6, 6.07) is 1.12. The summed E-state index contributed by atoms with van der Waals surface area (Å²) >= 11 is 0. The Labute approximate surface area is 113 Å². The van der Waals surface area contributed by atoms with Gasteiger partial charge in [0.1, 0.15) is 0 Å². The smallest absolute Gasteiger partial charge is 0.323 e. The van der Waals surface area contributed by atoms with Gasteiger partial charge in [0.2, 0.25) is 11.9 Å². The average Bonchev–Trinajstić information content (AvgIpc) is 3.23. The zero-order chi connectivity index (χ0) is 13.7. The van der Waals surface area contributed by atoms with Crippen molar-refractivity contribution in [3.63, 3.8) is 0 Å². The Morgan fingerprint density at radius 3 is 2.63 bits per heavy atom. The highest BCUT2D eigenvalue weighted by Crippen LogP contribution is 2.24. The minimum Gasteiger partial charge on any atom is -0.464 e. The summed E-state index contributed by atoms with van der Waals surface area (Å²) in [5, 5.41) is 6.11. The van der Waals surface area contributed by atoms with Gasteiger partial charge >= 0.3 is 6.01 Å². The van der Waals surface area contributed by atoms with E-state index in [1.54, 1.807) is 7.05 Å². The molecule has 0 atom stereocenters. The summed E-state index contributed by atoms with van der Waals surface area (Å²) in [7, 11) is 3.92. The standard InChI is InChI=1S/C12H22N6O/c1-4-19-12-16-10(13-2)15-11(17-12)14-7-8-18(3)9-5-6-9/h9H,4-8H2,1-3H3,(H2,13,14,15,16,17). The fraction of sp³-hybridized carbons (Fsp3) is 0.750. The van der Waals surface area contributed by atoms with E-state index >= 15 is 0 Å². The first kappa shape index (κ1) is 13.8. The molecule has 1 aromatic heterocycles. The monoisotopic (exact) mass is 266 g/mol. The highest BCUT2D eigenvalue weighted by molar-refractivity contribution is 5.35. The zero-order valence-corrected chi connectivity index (χ0v) is 11.8. The minimum absolute atomic E-state index is 0.347. The molecular formula is C12H22N6O. The van der Waals surface area contributed by atoms with Crippen LogP contribution in [0.1, 0.15) is 19.8 Å². The van der Waals surface area contributed by atoms with E-state index in [-0.39, 0.29) is 0 Å². The van der Waals surface area contributed by atoms with Crippen LogP contribution in [0, 0.1) is 0 Å². The van der Waals surface area contributed by atoms with Crippen molar-refractivity contribution in [3.8, 4) is 6.01 Å². The third-order valence-electron chi connectivity index (χ3n) is 3.03. The van der Waals surface area contributed by atoms with Gasteiger partial charge in [0.25, 0.3) is 0 Å². The van der Waals surface area contributed by atoms with E-state index in [4.69, 9.17) is 4.74 Å². The molecule has 7 nitrogen and oxygen atoms in total. The molecule has 1 saturated carbocycles. The fourth-order valence-corrected chi connectivity index (χ4v) is 1.78. The molecule has 0 amide bonds. The molecule has 2 rings (SSSR count). The third-order valence-corrected chi connectivity index (χ3v) is 3.03. The highest BCUT2D eigenvalue weighted by atomic mass is 16.5. The molecule has 0 bridgehead atoms. The van der Waals surface area contributed by atoms with Gasteiger partial charge in [-0.1, -0.05) is 0 Å². The number of likely N-dealkylation sites (N-methyl/N-ethyl adjacent to an activating group) is 1. The molecule has 19 heavy (non-hydrogen) atoms. The van der Waals surface area contributed by atoms with Gasteiger partial charge in [-0.2, -0.15) is 15.0 Å². The van der Waals surface area contributed by atoms with Gasteiger partial charge in [-0.25, -0.2) is 0 Å². The minimum atomic E-state index is 0.347. The molecule has 0 spiro atoms. The molecule has 2 N–H and O–H groups in total. The molecular weight excluding hydrogens is 244 g/mol. The number of aromatic nitrogens is 3. The van der Waals surface area contributed by atoms with Gasteiger partial charge in [0.15, 0.2) is 0 Å². The second-order valence-electron chi connectivity index (χ2n) is 4.59. The number of anilines is 2. The molecule has 0 radical (unpaired) electrons. The van der Waals surface area contributed by atoms with Crippen LogP contribution in [0.3, 0.4) is 0 Å². The molecule has 1 aliphatic rings. The van der Waals surface area contributed by atoms with E-state index < -0.39 is 0 Å². The highest BCUT2D eigenvalue weighted by Gasteiger charge is 2.25. The molecule has 0 unspecified atom stereocenters. The van der Waals surface area contributed by atoms with Gasteiger partial charge in [-0.3, -0.25) is 0 Å². The van der Waals surface area contributed by atoms with Crippen LogP contribution in [0.4, 0.5) is 11.9 Å². The molecule has 1 aromatic rings. The van der Waals surface area contributed by atoms with Crippen molar-refractivity contribution in [2.75, 3.05) is 44.4 Å². The summed E-state index contributed by atoms with van der Waals surface area (Å²) < 4.78 is 5.31.